The molecule has 3 saturated carbocycles. The van der Waals surface area contributed by atoms with E-state index in [0.717, 1.165) is 36.4 Å². The minimum Gasteiger partial charge on any atom is -0.349 e. The van der Waals surface area contributed by atoms with E-state index in [-0.39, 0.29) is 17.5 Å². The summed E-state index contributed by atoms with van der Waals surface area (Å²) < 4.78 is 37.5. The summed E-state index contributed by atoms with van der Waals surface area (Å²) in [6, 6.07) is 2.24. The van der Waals surface area contributed by atoms with Crippen molar-refractivity contribution in [1.29, 1.82) is 0 Å². The summed E-state index contributed by atoms with van der Waals surface area (Å²) in [5, 5.41) is 3.04. The predicted octanol–water partition coefficient (Wildman–Crippen LogP) is 3.65. The van der Waals surface area contributed by atoms with E-state index in [1.807, 2.05) is 0 Å². The minimum absolute atomic E-state index is 0.175. The standard InChI is InChI=1S/C17H19F3N2O/c18-17(19,20)15-5-4-9(8-21-15)16(23)22-14-7-10-6-13(14)12-3-1-2-11(10)12/h4-5,8,10-14H,1-3,6-7H2,(H,22,23). The molecule has 1 aromatic heterocycles. The van der Waals surface area contributed by atoms with Crippen molar-refractivity contribution >= 4 is 5.91 Å². The van der Waals surface area contributed by atoms with Crippen LogP contribution in [-0.4, -0.2) is 16.9 Å². The fourth-order valence-electron chi connectivity index (χ4n) is 5.18. The van der Waals surface area contributed by atoms with Gasteiger partial charge < -0.3 is 5.32 Å². The van der Waals surface area contributed by atoms with E-state index < -0.39 is 11.9 Å². The van der Waals surface area contributed by atoms with E-state index in [0.29, 0.717) is 5.92 Å². The number of carbonyl (C=O) groups excluding carboxylic acids is 1. The molecule has 0 radical (unpaired) electrons. The van der Waals surface area contributed by atoms with Crippen LogP contribution in [0.25, 0.3) is 0 Å². The molecule has 0 aromatic carbocycles. The first-order chi connectivity index (χ1) is 10.9. The predicted molar refractivity (Wildman–Crippen MR) is 77.5 cm³/mol. The summed E-state index contributed by atoms with van der Waals surface area (Å²) in [5.41, 5.74) is -0.772. The molecule has 1 amide bonds. The van der Waals surface area contributed by atoms with Crippen LogP contribution in [0, 0.1) is 23.7 Å². The van der Waals surface area contributed by atoms with Crippen molar-refractivity contribution in [3.05, 3.63) is 29.6 Å². The highest BCUT2D eigenvalue weighted by molar-refractivity contribution is 5.94. The van der Waals surface area contributed by atoms with Gasteiger partial charge in [0.2, 0.25) is 0 Å². The Kier molecular flexibility index (Phi) is 3.39. The molecule has 1 aromatic rings. The van der Waals surface area contributed by atoms with Crippen LogP contribution in [0.1, 0.15) is 48.2 Å². The summed E-state index contributed by atoms with van der Waals surface area (Å²) >= 11 is 0. The molecule has 5 atom stereocenters. The lowest BCUT2D eigenvalue weighted by molar-refractivity contribution is -0.141. The molecule has 0 aliphatic heterocycles. The SMILES string of the molecule is O=C(NC1CC2CC1C1CCCC21)c1ccc(C(F)(F)F)nc1. The summed E-state index contributed by atoms with van der Waals surface area (Å²) in [5.74, 6) is 2.56. The second-order valence-corrected chi connectivity index (χ2v) is 7.16. The highest BCUT2D eigenvalue weighted by Gasteiger charge is 2.54. The molecule has 6 heteroatoms. The Morgan fingerprint density at radius 3 is 2.61 bits per heavy atom. The molecule has 3 aliphatic carbocycles. The van der Waals surface area contributed by atoms with Crippen LogP contribution < -0.4 is 5.32 Å². The molecule has 0 spiro atoms. The van der Waals surface area contributed by atoms with Gasteiger partial charge in [0.1, 0.15) is 5.69 Å². The summed E-state index contributed by atoms with van der Waals surface area (Å²) in [6.45, 7) is 0. The maximum atomic E-state index is 12.5. The number of nitrogens with one attached hydrogen (secondary N) is 1. The maximum absolute atomic E-state index is 12.5. The van der Waals surface area contributed by atoms with Crippen molar-refractivity contribution < 1.29 is 18.0 Å². The first-order valence-electron chi connectivity index (χ1n) is 8.27. The first-order valence-corrected chi connectivity index (χ1v) is 8.27. The molecule has 5 unspecified atom stereocenters. The highest BCUT2D eigenvalue weighted by atomic mass is 19.4. The monoisotopic (exact) mass is 324 g/mol. The quantitative estimate of drug-likeness (QED) is 0.902. The van der Waals surface area contributed by atoms with Crippen LogP contribution in [0.5, 0.6) is 0 Å². The van der Waals surface area contributed by atoms with E-state index in [4.69, 9.17) is 0 Å². The molecule has 3 aliphatic rings. The average Bonchev–Trinajstić information content (AvgIpc) is 3.18. The molecule has 1 heterocycles. The van der Waals surface area contributed by atoms with Gasteiger partial charge in [-0.05, 0) is 61.5 Å². The Morgan fingerprint density at radius 2 is 1.91 bits per heavy atom. The molecule has 23 heavy (non-hydrogen) atoms. The average molecular weight is 324 g/mol. The zero-order chi connectivity index (χ0) is 16.2. The highest BCUT2D eigenvalue weighted by Crippen LogP contribution is 2.58. The number of amides is 1. The van der Waals surface area contributed by atoms with Crippen LogP contribution in [0.3, 0.4) is 0 Å². The molecule has 1 N–H and O–H groups in total. The lowest BCUT2D eigenvalue weighted by Gasteiger charge is -2.32. The van der Waals surface area contributed by atoms with Crippen molar-refractivity contribution in [2.45, 2.75) is 44.3 Å². The number of pyridine rings is 1. The van der Waals surface area contributed by atoms with Gasteiger partial charge in [-0.1, -0.05) is 6.42 Å². The zero-order valence-corrected chi connectivity index (χ0v) is 12.6. The third kappa shape index (κ3) is 2.52. The number of rotatable bonds is 2. The summed E-state index contributed by atoms with van der Waals surface area (Å²) in [6.07, 6.45) is 2.65. The molecule has 3 nitrogen and oxygen atoms in total. The number of alkyl halides is 3. The Morgan fingerprint density at radius 1 is 1.13 bits per heavy atom. The molecule has 3 fully saturated rings. The number of nitrogens with zero attached hydrogens (tertiary/aromatic N) is 1. The number of carbonyl (C=O) groups is 1. The lowest BCUT2D eigenvalue weighted by Crippen LogP contribution is -2.42. The van der Waals surface area contributed by atoms with Crippen LogP contribution >= 0.6 is 0 Å². The Hall–Kier alpha value is -1.59. The Labute approximate surface area is 132 Å². The largest absolute Gasteiger partial charge is 0.433 e. The number of hydrogen-bond acceptors (Lipinski definition) is 2. The van der Waals surface area contributed by atoms with Crippen molar-refractivity contribution in [2.24, 2.45) is 23.7 Å². The van der Waals surface area contributed by atoms with Crippen LogP contribution in [0.15, 0.2) is 18.3 Å². The number of halogens is 3. The fraction of sp³-hybridized carbons (Fsp3) is 0.647. The molecular formula is C17H19F3N2O. The number of aromatic nitrogens is 1. The third-order valence-electron chi connectivity index (χ3n) is 6.06. The van der Waals surface area contributed by atoms with E-state index >= 15 is 0 Å². The lowest BCUT2D eigenvalue weighted by atomic mass is 9.79. The smallest absolute Gasteiger partial charge is 0.349 e. The van der Waals surface area contributed by atoms with Gasteiger partial charge >= 0.3 is 6.18 Å². The topological polar surface area (TPSA) is 42.0 Å². The van der Waals surface area contributed by atoms with Gasteiger partial charge in [-0.25, -0.2) is 0 Å². The van der Waals surface area contributed by atoms with E-state index in [1.165, 1.54) is 31.7 Å². The normalized spacial score (nSPS) is 35.3. The van der Waals surface area contributed by atoms with Gasteiger partial charge in [-0.2, -0.15) is 13.2 Å². The van der Waals surface area contributed by atoms with Gasteiger partial charge in [0.25, 0.3) is 5.91 Å². The Balaban J connectivity index is 1.43. The van der Waals surface area contributed by atoms with E-state index in [2.05, 4.69) is 10.3 Å². The van der Waals surface area contributed by atoms with Crippen LogP contribution in [-0.2, 0) is 6.18 Å². The molecule has 2 bridgehead atoms. The van der Waals surface area contributed by atoms with Gasteiger partial charge in [0.05, 0.1) is 5.56 Å². The van der Waals surface area contributed by atoms with Crippen molar-refractivity contribution in [1.82, 2.24) is 10.3 Å². The van der Waals surface area contributed by atoms with E-state index in [9.17, 15) is 18.0 Å². The number of hydrogen-bond donors (Lipinski definition) is 1. The van der Waals surface area contributed by atoms with Gasteiger partial charge in [-0.3, -0.25) is 9.78 Å². The first kappa shape index (κ1) is 15.0. The second kappa shape index (κ2) is 5.21. The third-order valence-corrected chi connectivity index (χ3v) is 6.06. The number of fused-ring (bicyclic) bond motifs is 5. The van der Waals surface area contributed by atoms with Crippen molar-refractivity contribution in [2.75, 3.05) is 0 Å². The maximum Gasteiger partial charge on any atom is 0.433 e. The van der Waals surface area contributed by atoms with E-state index in [1.54, 1.807) is 0 Å². The van der Waals surface area contributed by atoms with Gasteiger partial charge in [0.15, 0.2) is 0 Å². The molecular weight excluding hydrogens is 305 g/mol. The minimum atomic E-state index is -4.48. The van der Waals surface area contributed by atoms with Gasteiger partial charge in [0, 0.05) is 12.2 Å². The summed E-state index contributed by atoms with van der Waals surface area (Å²) in [7, 11) is 0. The van der Waals surface area contributed by atoms with Crippen molar-refractivity contribution in [3.63, 3.8) is 0 Å². The fourth-order valence-corrected chi connectivity index (χ4v) is 5.18. The van der Waals surface area contributed by atoms with Crippen molar-refractivity contribution in [3.8, 4) is 0 Å². The summed E-state index contributed by atoms with van der Waals surface area (Å²) in [4.78, 5) is 15.7. The second-order valence-electron chi connectivity index (χ2n) is 7.16. The van der Waals surface area contributed by atoms with Crippen LogP contribution in [0.4, 0.5) is 13.2 Å². The van der Waals surface area contributed by atoms with Crippen LogP contribution in [0.2, 0.25) is 0 Å². The molecule has 4 rings (SSSR count). The zero-order valence-electron chi connectivity index (χ0n) is 12.6. The molecule has 124 valence electrons. The van der Waals surface area contributed by atoms with Gasteiger partial charge in [-0.15, -0.1) is 0 Å². The Bertz CT molecular complexity index is 613. The molecule has 0 saturated heterocycles.